The minimum atomic E-state index is -0.145. The molecule has 2 rings (SSSR count). The molecule has 0 fully saturated rings. The van der Waals surface area contributed by atoms with Crippen molar-refractivity contribution in [3.8, 4) is 0 Å². The Hall–Kier alpha value is 1.41. The molecule has 74 valence electrons. The van der Waals surface area contributed by atoms with Crippen molar-refractivity contribution in [2.24, 2.45) is 0 Å². The second kappa shape index (κ2) is 4.35. The minimum absolute atomic E-state index is 0.145. The van der Waals surface area contributed by atoms with E-state index in [0.29, 0.717) is 0 Å². The number of hydrogen-bond donors (Lipinski definition) is 2. The lowest BCUT2D eigenvalue weighted by Gasteiger charge is -2.04. The Balaban J connectivity index is 3.08. The molecule has 0 aliphatic carbocycles. The van der Waals surface area contributed by atoms with Gasteiger partial charge in [0.1, 0.15) is 0 Å². The molecule has 0 saturated heterocycles. The van der Waals surface area contributed by atoms with Crippen LogP contribution in [0.25, 0.3) is 11.0 Å². The Morgan fingerprint density at radius 1 is 0.714 bits per heavy atom. The third-order valence-corrected chi connectivity index (χ3v) is 9.16. The number of halogens is 4. The largest absolute Gasteiger partial charge is 0.323 e. The van der Waals surface area contributed by atoms with Crippen molar-refractivity contribution in [3.05, 3.63) is 24.8 Å². The van der Waals surface area contributed by atoms with E-state index in [1.807, 2.05) is 0 Å². The number of imidazole rings is 1. The van der Waals surface area contributed by atoms with Gasteiger partial charge in [0.15, 0.2) is 0 Å². The summed E-state index contributed by atoms with van der Waals surface area (Å²) in [7, 11) is 0. The first-order chi connectivity index (χ1) is 6.52. The monoisotopic (exact) mass is 638 g/mol. The molecule has 0 saturated carbocycles. The molecular weight excluding hydrogens is 636 g/mol. The molecule has 0 unspecified atom stereocenters. The second-order valence-electron chi connectivity index (χ2n) is 2.59. The maximum Gasteiger partial charge on any atom is 0.323 e. The van der Waals surface area contributed by atoms with Crippen molar-refractivity contribution >= 4 is 101 Å². The number of hydrogen-bond acceptors (Lipinski definition) is 1. The molecule has 2 N–H and O–H groups in total. The van der Waals surface area contributed by atoms with Gasteiger partial charge >= 0.3 is 5.69 Å². The highest BCUT2D eigenvalue weighted by Crippen LogP contribution is 2.31. The molecule has 0 spiro atoms. The number of nitrogens with one attached hydrogen (secondary N) is 2. The van der Waals surface area contributed by atoms with Gasteiger partial charge < -0.3 is 9.97 Å². The maximum absolute atomic E-state index is 11.2. The zero-order valence-corrected chi connectivity index (χ0v) is 15.1. The Morgan fingerprint density at radius 2 is 1.07 bits per heavy atom. The van der Waals surface area contributed by atoms with Crippen LogP contribution in [0.1, 0.15) is 0 Å². The van der Waals surface area contributed by atoms with Crippen molar-refractivity contribution in [2.75, 3.05) is 0 Å². The molecule has 1 aromatic carbocycles. The van der Waals surface area contributed by atoms with Gasteiger partial charge in [-0.1, -0.05) is 0 Å². The van der Waals surface area contributed by atoms with Crippen LogP contribution in [0.2, 0.25) is 0 Å². The molecule has 0 bridgehead atoms. The SMILES string of the molecule is O=c1[nH]c2c(I)c(I)c(I)c(I)c2[nH]1. The zero-order valence-electron chi connectivity index (χ0n) is 6.42. The van der Waals surface area contributed by atoms with Gasteiger partial charge in [0.25, 0.3) is 0 Å². The average molecular weight is 638 g/mol. The Labute approximate surface area is 134 Å². The van der Waals surface area contributed by atoms with Gasteiger partial charge in [0, 0.05) is 7.14 Å². The first-order valence-electron chi connectivity index (χ1n) is 3.46. The molecule has 0 aliphatic heterocycles. The normalized spacial score (nSPS) is 11.1. The number of H-pyrrole nitrogens is 2. The summed E-state index contributed by atoms with van der Waals surface area (Å²) in [5, 5.41) is 0. The quantitative estimate of drug-likeness (QED) is 0.260. The molecule has 1 heterocycles. The van der Waals surface area contributed by atoms with Crippen LogP contribution in [0.3, 0.4) is 0 Å². The van der Waals surface area contributed by atoms with E-state index in [1.165, 1.54) is 7.14 Å². The zero-order chi connectivity index (χ0) is 10.5. The number of aromatic amines is 2. The average Bonchev–Trinajstić information content (AvgIpc) is 2.54. The Kier molecular flexibility index (Phi) is 3.69. The minimum Gasteiger partial charge on any atom is -0.305 e. The number of aromatic nitrogens is 2. The Bertz CT molecular complexity index is 523. The van der Waals surface area contributed by atoms with Gasteiger partial charge in [0.2, 0.25) is 0 Å². The molecule has 14 heavy (non-hydrogen) atoms. The topological polar surface area (TPSA) is 48.6 Å². The van der Waals surface area contributed by atoms with E-state index in [4.69, 9.17) is 0 Å². The summed E-state index contributed by atoms with van der Waals surface area (Å²) in [5.41, 5.74) is 1.67. The van der Waals surface area contributed by atoms with Crippen molar-refractivity contribution in [1.82, 2.24) is 9.97 Å². The van der Waals surface area contributed by atoms with Crippen molar-refractivity contribution in [2.45, 2.75) is 0 Å². The summed E-state index contributed by atoms with van der Waals surface area (Å²) in [6, 6.07) is 0. The third kappa shape index (κ3) is 1.85. The van der Waals surface area contributed by atoms with Gasteiger partial charge in [-0.15, -0.1) is 0 Å². The van der Waals surface area contributed by atoms with Gasteiger partial charge in [0.05, 0.1) is 18.2 Å². The maximum atomic E-state index is 11.2. The summed E-state index contributed by atoms with van der Waals surface area (Å²) < 4.78 is 4.58. The van der Waals surface area contributed by atoms with Crippen LogP contribution in [-0.4, -0.2) is 9.97 Å². The van der Waals surface area contributed by atoms with Crippen LogP contribution in [0, 0.1) is 14.3 Å². The predicted octanol–water partition coefficient (Wildman–Crippen LogP) is 3.27. The lowest BCUT2D eigenvalue weighted by Crippen LogP contribution is -1.99. The number of benzene rings is 1. The standard InChI is InChI=1S/C7H2I4N2O/c8-1-2(9)4(11)6-5(3(1)10)12-7(14)13-6/h(H2,12,13,14). The summed E-state index contributed by atoms with van der Waals surface area (Å²) in [5.74, 6) is 0. The molecule has 2 aromatic rings. The highest BCUT2D eigenvalue weighted by Gasteiger charge is 2.14. The van der Waals surface area contributed by atoms with E-state index in [1.54, 1.807) is 0 Å². The molecule has 0 radical (unpaired) electrons. The van der Waals surface area contributed by atoms with Gasteiger partial charge in [-0.25, -0.2) is 4.79 Å². The van der Waals surface area contributed by atoms with E-state index in [0.717, 1.165) is 18.2 Å². The van der Waals surface area contributed by atoms with Crippen LogP contribution in [0.4, 0.5) is 0 Å². The highest BCUT2D eigenvalue weighted by atomic mass is 127. The lowest BCUT2D eigenvalue weighted by molar-refractivity contribution is 1.21. The molecule has 3 nitrogen and oxygen atoms in total. The summed E-state index contributed by atoms with van der Waals surface area (Å²) >= 11 is 9.10. The fourth-order valence-corrected chi connectivity index (χ4v) is 4.58. The predicted molar refractivity (Wildman–Crippen MR) is 89.8 cm³/mol. The van der Waals surface area contributed by atoms with Crippen molar-refractivity contribution in [1.29, 1.82) is 0 Å². The van der Waals surface area contributed by atoms with E-state index in [9.17, 15) is 4.79 Å². The summed E-state index contributed by atoms with van der Waals surface area (Å²) in [6.45, 7) is 0. The molecule has 0 atom stereocenters. The van der Waals surface area contributed by atoms with Crippen LogP contribution < -0.4 is 5.69 Å². The smallest absolute Gasteiger partial charge is 0.305 e. The highest BCUT2D eigenvalue weighted by molar-refractivity contribution is 14.1. The van der Waals surface area contributed by atoms with E-state index in [2.05, 4.69) is 100 Å². The lowest BCUT2D eigenvalue weighted by atomic mass is 10.3. The van der Waals surface area contributed by atoms with Crippen LogP contribution in [0.5, 0.6) is 0 Å². The number of rotatable bonds is 0. The Morgan fingerprint density at radius 3 is 1.43 bits per heavy atom. The summed E-state index contributed by atoms with van der Waals surface area (Å²) in [6.07, 6.45) is 0. The number of fused-ring (bicyclic) bond motifs is 1. The van der Waals surface area contributed by atoms with Gasteiger partial charge in [-0.05, 0) is 90.4 Å². The molecule has 0 amide bonds. The molecule has 1 aromatic heterocycles. The van der Waals surface area contributed by atoms with E-state index < -0.39 is 0 Å². The first kappa shape index (κ1) is 11.9. The van der Waals surface area contributed by atoms with Crippen molar-refractivity contribution in [3.63, 3.8) is 0 Å². The summed E-state index contributed by atoms with van der Waals surface area (Å²) in [4.78, 5) is 16.8. The van der Waals surface area contributed by atoms with Crippen LogP contribution in [0.15, 0.2) is 4.79 Å². The van der Waals surface area contributed by atoms with Gasteiger partial charge in [-0.3, -0.25) is 0 Å². The fourth-order valence-electron chi connectivity index (χ4n) is 1.12. The van der Waals surface area contributed by atoms with E-state index in [-0.39, 0.29) is 5.69 Å². The molecular formula is C7H2I4N2O. The third-order valence-electron chi connectivity index (χ3n) is 1.74. The van der Waals surface area contributed by atoms with Crippen LogP contribution >= 0.6 is 90.4 Å². The fraction of sp³-hybridized carbons (Fsp3) is 0. The molecule has 0 aliphatic rings. The van der Waals surface area contributed by atoms with Gasteiger partial charge in [-0.2, -0.15) is 0 Å². The first-order valence-corrected chi connectivity index (χ1v) is 7.78. The second-order valence-corrected chi connectivity index (χ2v) is 6.90. The molecule has 7 heteroatoms. The van der Waals surface area contributed by atoms with E-state index >= 15 is 0 Å². The van der Waals surface area contributed by atoms with Crippen molar-refractivity contribution < 1.29 is 0 Å². The van der Waals surface area contributed by atoms with Crippen LogP contribution in [-0.2, 0) is 0 Å².